The van der Waals surface area contributed by atoms with Crippen LogP contribution in [0.25, 0.3) is 10.9 Å². The van der Waals surface area contributed by atoms with Crippen molar-refractivity contribution in [1.29, 1.82) is 0 Å². The summed E-state index contributed by atoms with van der Waals surface area (Å²) in [5, 5.41) is 19.2. The van der Waals surface area contributed by atoms with Crippen molar-refractivity contribution < 1.29 is 18.7 Å². The SMILES string of the molecule is O=C(COc1ccnc2ccc(F)cc12)NNc1nnc(C2CNCCO2)nn1. The standard InChI is InChI=1S/C17H17FN8O3/c18-10-1-2-12-11(7-10)13(3-4-20-12)29-9-15(27)21-24-17-25-22-16(23-26-17)14-8-19-5-6-28-14/h1-4,7,14,19H,5-6,8-9H2,(H,21,27)(H,24,25,26). The quantitative estimate of drug-likeness (QED) is 0.490. The summed E-state index contributed by atoms with van der Waals surface area (Å²) in [5.74, 6) is -0.207. The Balaban J connectivity index is 1.30. The van der Waals surface area contributed by atoms with Gasteiger partial charge in [0, 0.05) is 24.7 Å². The molecule has 12 heteroatoms. The number of carbonyl (C=O) groups excluding carboxylic acids is 1. The molecule has 0 radical (unpaired) electrons. The van der Waals surface area contributed by atoms with E-state index >= 15 is 0 Å². The van der Waals surface area contributed by atoms with Crippen LogP contribution in [0.4, 0.5) is 10.3 Å². The fourth-order valence-corrected chi connectivity index (χ4v) is 2.67. The van der Waals surface area contributed by atoms with Gasteiger partial charge < -0.3 is 14.8 Å². The van der Waals surface area contributed by atoms with Gasteiger partial charge in [-0.15, -0.1) is 20.4 Å². The Kier molecular flexibility index (Phi) is 5.63. The number of ether oxygens (including phenoxy) is 2. The molecular weight excluding hydrogens is 383 g/mol. The number of hydrazine groups is 1. The van der Waals surface area contributed by atoms with E-state index in [1.165, 1.54) is 24.4 Å². The lowest BCUT2D eigenvalue weighted by Crippen LogP contribution is -2.36. The first-order chi connectivity index (χ1) is 14.2. The Morgan fingerprint density at radius 3 is 2.93 bits per heavy atom. The number of pyridine rings is 1. The molecule has 3 heterocycles. The van der Waals surface area contributed by atoms with Crippen LogP contribution < -0.4 is 20.9 Å². The molecule has 1 aromatic carbocycles. The molecule has 150 valence electrons. The van der Waals surface area contributed by atoms with E-state index in [-0.39, 0.29) is 18.7 Å². The highest BCUT2D eigenvalue weighted by Crippen LogP contribution is 2.24. The summed E-state index contributed by atoms with van der Waals surface area (Å²) in [4.78, 5) is 16.1. The molecule has 1 unspecified atom stereocenters. The Bertz CT molecular complexity index is 998. The summed E-state index contributed by atoms with van der Waals surface area (Å²) in [6, 6.07) is 5.70. The molecule has 1 fully saturated rings. The summed E-state index contributed by atoms with van der Waals surface area (Å²) in [6.45, 7) is 1.60. The molecule has 2 aromatic heterocycles. The van der Waals surface area contributed by atoms with Crippen molar-refractivity contribution in [3.63, 3.8) is 0 Å². The molecule has 0 saturated carbocycles. The third kappa shape index (κ3) is 4.67. The molecule has 0 bridgehead atoms. The van der Waals surface area contributed by atoms with Gasteiger partial charge in [0.1, 0.15) is 17.7 Å². The first-order valence-corrected chi connectivity index (χ1v) is 8.80. The molecule has 1 amide bonds. The zero-order chi connectivity index (χ0) is 20.1. The number of nitrogens with one attached hydrogen (secondary N) is 3. The molecule has 0 spiro atoms. The Hall–Kier alpha value is -3.51. The highest BCUT2D eigenvalue weighted by molar-refractivity contribution is 5.85. The molecular formula is C17H17FN8O3. The predicted octanol–water partition coefficient (Wildman–Crippen LogP) is 0.137. The van der Waals surface area contributed by atoms with Crippen LogP contribution in [0.1, 0.15) is 11.9 Å². The van der Waals surface area contributed by atoms with Crippen molar-refractivity contribution in [3.05, 3.63) is 42.1 Å². The third-order valence-corrected chi connectivity index (χ3v) is 4.05. The lowest BCUT2D eigenvalue weighted by Gasteiger charge is -2.21. The van der Waals surface area contributed by atoms with Crippen molar-refractivity contribution in [2.75, 3.05) is 31.7 Å². The van der Waals surface area contributed by atoms with Gasteiger partial charge in [-0.25, -0.2) is 4.39 Å². The van der Waals surface area contributed by atoms with Crippen LogP contribution in [0, 0.1) is 5.82 Å². The smallest absolute Gasteiger partial charge is 0.280 e. The van der Waals surface area contributed by atoms with E-state index in [1.807, 2.05) is 0 Å². The second kappa shape index (κ2) is 8.67. The minimum atomic E-state index is -0.501. The average Bonchev–Trinajstić information content (AvgIpc) is 2.77. The van der Waals surface area contributed by atoms with Crippen LogP contribution >= 0.6 is 0 Å². The van der Waals surface area contributed by atoms with E-state index in [1.54, 1.807) is 6.07 Å². The van der Waals surface area contributed by atoms with E-state index in [0.29, 0.717) is 35.6 Å². The topological polar surface area (TPSA) is 136 Å². The maximum absolute atomic E-state index is 13.5. The number of hydrogen-bond acceptors (Lipinski definition) is 10. The number of amides is 1. The molecule has 1 saturated heterocycles. The molecule has 3 N–H and O–H groups in total. The number of rotatable bonds is 6. The average molecular weight is 400 g/mol. The van der Waals surface area contributed by atoms with E-state index in [9.17, 15) is 9.18 Å². The van der Waals surface area contributed by atoms with Crippen LogP contribution in [0.15, 0.2) is 30.5 Å². The molecule has 11 nitrogen and oxygen atoms in total. The lowest BCUT2D eigenvalue weighted by molar-refractivity contribution is -0.122. The molecule has 4 rings (SSSR count). The first-order valence-electron chi connectivity index (χ1n) is 8.80. The molecule has 1 atom stereocenters. The maximum Gasteiger partial charge on any atom is 0.280 e. The fourth-order valence-electron chi connectivity index (χ4n) is 2.67. The number of benzene rings is 1. The second-order valence-corrected chi connectivity index (χ2v) is 6.08. The number of anilines is 1. The van der Waals surface area contributed by atoms with Gasteiger partial charge in [-0.05, 0) is 24.3 Å². The Morgan fingerprint density at radius 1 is 1.28 bits per heavy atom. The van der Waals surface area contributed by atoms with Crippen molar-refractivity contribution in [2.24, 2.45) is 0 Å². The summed E-state index contributed by atoms with van der Waals surface area (Å²) >= 11 is 0. The monoisotopic (exact) mass is 400 g/mol. The van der Waals surface area contributed by atoms with Gasteiger partial charge in [-0.3, -0.25) is 20.6 Å². The van der Waals surface area contributed by atoms with Gasteiger partial charge >= 0.3 is 0 Å². The zero-order valence-corrected chi connectivity index (χ0v) is 15.1. The van der Waals surface area contributed by atoms with Gasteiger partial charge in [0.05, 0.1) is 12.1 Å². The molecule has 0 aliphatic carbocycles. The normalized spacial score (nSPS) is 16.4. The summed E-state index contributed by atoms with van der Waals surface area (Å²) in [7, 11) is 0. The summed E-state index contributed by atoms with van der Waals surface area (Å²) < 4.78 is 24.4. The van der Waals surface area contributed by atoms with E-state index in [4.69, 9.17) is 9.47 Å². The molecule has 29 heavy (non-hydrogen) atoms. The van der Waals surface area contributed by atoms with Crippen LogP contribution in [-0.2, 0) is 9.53 Å². The Labute approximate surface area is 164 Å². The summed E-state index contributed by atoms with van der Waals surface area (Å²) in [5.41, 5.74) is 5.44. The van der Waals surface area contributed by atoms with Gasteiger partial charge in [0.2, 0.25) is 5.82 Å². The number of carbonyl (C=O) groups is 1. The number of hydrogen-bond donors (Lipinski definition) is 3. The number of fused-ring (bicyclic) bond motifs is 1. The van der Waals surface area contributed by atoms with Crippen molar-refractivity contribution in [2.45, 2.75) is 6.10 Å². The van der Waals surface area contributed by atoms with E-state index < -0.39 is 11.7 Å². The Morgan fingerprint density at radius 2 is 2.14 bits per heavy atom. The van der Waals surface area contributed by atoms with Crippen molar-refractivity contribution in [1.82, 2.24) is 36.1 Å². The molecule has 1 aliphatic rings. The minimum Gasteiger partial charge on any atom is -0.483 e. The maximum atomic E-state index is 13.5. The summed E-state index contributed by atoms with van der Waals surface area (Å²) in [6.07, 6.45) is 1.21. The molecule has 3 aromatic rings. The number of halogens is 1. The van der Waals surface area contributed by atoms with Crippen molar-refractivity contribution in [3.8, 4) is 5.75 Å². The molecule has 1 aliphatic heterocycles. The highest BCUT2D eigenvalue weighted by Gasteiger charge is 2.19. The van der Waals surface area contributed by atoms with E-state index in [2.05, 4.69) is 41.5 Å². The van der Waals surface area contributed by atoms with Gasteiger partial charge in [0.15, 0.2) is 6.61 Å². The second-order valence-electron chi connectivity index (χ2n) is 6.08. The van der Waals surface area contributed by atoms with Gasteiger partial charge in [-0.1, -0.05) is 0 Å². The number of nitrogens with zero attached hydrogens (tertiary/aromatic N) is 5. The van der Waals surface area contributed by atoms with E-state index in [0.717, 1.165) is 6.54 Å². The van der Waals surface area contributed by atoms with Crippen LogP contribution in [-0.4, -0.2) is 57.6 Å². The van der Waals surface area contributed by atoms with Crippen molar-refractivity contribution >= 4 is 22.8 Å². The van der Waals surface area contributed by atoms with Gasteiger partial charge in [-0.2, -0.15) is 0 Å². The zero-order valence-electron chi connectivity index (χ0n) is 15.1. The van der Waals surface area contributed by atoms with Gasteiger partial charge in [0.25, 0.3) is 11.9 Å². The highest BCUT2D eigenvalue weighted by atomic mass is 19.1. The lowest BCUT2D eigenvalue weighted by atomic mass is 10.2. The van der Waals surface area contributed by atoms with Crippen LogP contribution in [0.5, 0.6) is 5.75 Å². The van der Waals surface area contributed by atoms with Crippen LogP contribution in [0.3, 0.4) is 0 Å². The predicted molar refractivity (Wildman–Crippen MR) is 98.1 cm³/mol. The largest absolute Gasteiger partial charge is 0.483 e. The minimum absolute atomic E-state index is 0.0160. The van der Waals surface area contributed by atoms with Crippen LogP contribution in [0.2, 0.25) is 0 Å². The number of aromatic nitrogens is 5. The number of morpholine rings is 1. The fraction of sp³-hybridized carbons (Fsp3) is 0.294. The third-order valence-electron chi connectivity index (χ3n) is 4.05. The first kappa shape index (κ1) is 18.8.